The zero-order chi connectivity index (χ0) is 25.8. The number of carbonyl (C=O) groups is 1. The molecule has 2 aromatic carbocycles. The first kappa shape index (κ1) is 25.8. The minimum atomic E-state index is -3.81. The minimum absolute atomic E-state index is 0.0401. The molecule has 9 nitrogen and oxygen atoms in total. The normalized spacial score (nSPS) is 15.4. The van der Waals surface area contributed by atoms with Crippen molar-refractivity contribution in [1.29, 1.82) is 0 Å². The lowest BCUT2D eigenvalue weighted by molar-refractivity contribution is -0.120. The van der Waals surface area contributed by atoms with Crippen LogP contribution >= 0.6 is 0 Å². The Morgan fingerprint density at radius 1 is 0.972 bits per heavy atom. The number of piperidine rings is 1. The number of sulfonamides is 2. The molecule has 0 spiro atoms. The number of hydrogen-bond donors (Lipinski definition) is 2. The lowest BCUT2D eigenvalue weighted by Crippen LogP contribution is -2.41. The van der Waals surface area contributed by atoms with Crippen LogP contribution in [0, 0.1) is 12.8 Å². The second kappa shape index (κ2) is 10.8. The summed E-state index contributed by atoms with van der Waals surface area (Å²) in [7, 11) is -7.28. The number of rotatable bonds is 8. The van der Waals surface area contributed by atoms with Gasteiger partial charge >= 0.3 is 0 Å². The Labute approximate surface area is 211 Å². The van der Waals surface area contributed by atoms with E-state index >= 15 is 0 Å². The third-order valence-electron chi connectivity index (χ3n) is 5.99. The van der Waals surface area contributed by atoms with Crippen molar-refractivity contribution in [3.63, 3.8) is 0 Å². The number of amides is 1. The average Bonchev–Trinajstić information content (AvgIpc) is 2.84. The zero-order valence-electron chi connectivity index (χ0n) is 19.8. The summed E-state index contributed by atoms with van der Waals surface area (Å²) in [5.41, 5.74) is 2.22. The van der Waals surface area contributed by atoms with Crippen LogP contribution in [0.25, 0.3) is 0 Å². The highest BCUT2D eigenvalue weighted by Gasteiger charge is 2.31. The maximum absolute atomic E-state index is 12.8. The Hall–Kier alpha value is -3.28. The topological polar surface area (TPSA) is 126 Å². The van der Waals surface area contributed by atoms with Gasteiger partial charge in [-0.3, -0.25) is 9.52 Å². The fourth-order valence-corrected chi connectivity index (χ4v) is 6.64. The van der Waals surface area contributed by atoms with Gasteiger partial charge in [-0.15, -0.1) is 0 Å². The molecule has 0 saturated carbocycles. The number of nitrogens with one attached hydrogen (secondary N) is 2. The molecule has 11 heteroatoms. The van der Waals surface area contributed by atoms with Crippen LogP contribution in [-0.4, -0.2) is 45.1 Å². The number of hydrogen-bond acceptors (Lipinski definition) is 6. The maximum Gasteiger partial charge on any atom is 0.263 e. The molecule has 1 aliphatic rings. The van der Waals surface area contributed by atoms with Crippen LogP contribution in [0.4, 0.5) is 11.5 Å². The molecule has 0 atom stereocenters. The van der Waals surface area contributed by atoms with Gasteiger partial charge in [0, 0.05) is 30.9 Å². The third kappa shape index (κ3) is 6.48. The molecule has 36 heavy (non-hydrogen) atoms. The largest absolute Gasteiger partial charge is 0.326 e. The summed E-state index contributed by atoms with van der Waals surface area (Å²) in [4.78, 5) is 16.8. The molecule has 1 aromatic heterocycles. The number of nitrogens with zero attached hydrogens (tertiary/aromatic N) is 2. The molecule has 190 valence electrons. The fraction of sp³-hybridized carbons (Fsp3) is 0.280. The molecule has 1 saturated heterocycles. The summed E-state index contributed by atoms with van der Waals surface area (Å²) in [6.07, 6.45) is 2.32. The van der Waals surface area contributed by atoms with Crippen molar-refractivity contribution in [1.82, 2.24) is 9.29 Å². The number of aromatic nitrogens is 1. The average molecular weight is 529 g/mol. The molecule has 3 aromatic rings. The van der Waals surface area contributed by atoms with Crippen molar-refractivity contribution in [3.8, 4) is 0 Å². The van der Waals surface area contributed by atoms with Crippen LogP contribution < -0.4 is 10.0 Å². The van der Waals surface area contributed by atoms with Crippen molar-refractivity contribution in [2.75, 3.05) is 23.1 Å². The second-order valence-electron chi connectivity index (χ2n) is 8.75. The first-order valence-electron chi connectivity index (χ1n) is 11.5. The van der Waals surface area contributed by atoms with Crippen LogP contribution in [0.3, 0.4) is 0 Å². The first-order valence-corrected chi connectivity index (χ1v) is 14.6. The van der Waals surface area contributed by atoms with Gasteiger partial charge in [-0.05, 0) is 61.7 Å². The van der Waals surface area contributed by atoms with Crippen molar-refractivity contribution in [3.05, 3.63) is 84.1 Å². The van der Waals surface area contributed by atoms with E-state index in [4.69, 9.17) is 0 Å². The number of pyridine rings is 1. The molecule has 0 bridgehead atoms. The van der Waals surface area contributed by atoms with Gasteiger partial charge in [0.25, 0.3) is 10.0 Å². The number of anilines is 2. The van der Waals surface area contributed by atoms with Crippen molar-refractivity contribution in [2.45, 2.75) is 30.4 Å². The summed E-state index contributed by atoms with van der Waals surface area (Å²) in [5, 5.41) is 2.81. The molecule has 2 N–H and O–H groups in total. The highest BCUT2D eigenvalue weighted by molar-refractivity contribution is 7.92. The summed E-state index contributed by atoms with van der Waals surface area (Å²) < 4.78 is 54.6. The van der Waals surface area contributed by atoms with E-state index in [0.717, 1.165) is 11.1 Å². The molecule has 1 aliphatic heterocycles. The zero-order valence-corrected chi connectivity index (χ0v) is 21.4. The van der Waals surface area contributed by atoms with Gasteiger partial charge in [-0.2, -0.15) is 0 Å². The van der Waals surface area contributed by atoms with Crippen LogP contribution in [0.1, 0.15) is 24.0 Å². The molecule has 0 unspecified atom stereocenters. The standard InChI is InChI=1S/C25H28N4O5S2/c1-19-5-4-6-20(17-19)18-35(31,32)29-15-12-21(13-16-29)25(30)27-22-8-10-23(11-9-22)36(33,34)28-24-7-2-3-14-26-24/h2-11,14,17,21H,12-13,15-16,18H2,1H3,(H,26,28)(H,27,30). The van der Waals surface area contributed by atoms with E-state index in [2.05, 4.69) is 15.0 Å². The maximum atomic E-state index is 12.8. The Balaban J connectivity index is 1.31. The molecule has 0 aliphatic carbocycles. The van der Waals surface area contributed by atoms with Crippen molar-refractivity contribution in [2.24, 2.45) is 5.92 Å². The summed E-state index contributed by atoms with van der Waals surface area (Å²) >= 11 is 0. The van der Waals surface area contributed by atoms with Crippen LogP contribution in [0.15, 0.2) is 77.8 Å². The van der Waals surface area contributed by atoms with Gasteiger partial charge in [0.2, 0.25) is 15.9 Å². The van der Waals surface area contributed by atoms with E-state index in [1.54, 1.807) is 24.3 Å². The Kier molecular flexibility index (Phi) is 7.72. The monoisotopic (exact) mass is 528 g/mol. The number of aryl methyl sites for hydroxylation is 1. The van der Waals surface area contributed by atoms with Crippen molar-refractivity contribution >= 4 is 37.5 Å². The van der Waals surface area contributed by atoms with Gasteiger partial charge in [-0.1, -0.05) is 35.9 Å². The SMILES string of the molecule is Cc1cccc(CS(=O)(=O)N2CCC(C(=O)Nc3ccc(S(=O)(=O)Nc4ccccn4)cc3)CC2)c1. The van der Waals surface area contributed by atoms with Crippen LogP contribution in [0.5, 0.6) is 0 Å². The van der Waals surface area contributed by atoms with Crippen LogP contribution in [-0.2, 0) is 30.6 Å². The van der Waals surface area contributed by atoms with E-state index < -0.39 is 20.0 Å². The van der Waals surface area contributed by atoms with E-state index in [-0.39, 0.29) is 41.4 Å². The summed E-state index contributed by atoms with van der Waals surface area (Å²) in [6.45, 7) is 2.48. The predicted molar refractivity (Wildman–Crippen MR) is 138 cm³/mol. The molecular weight excluding hydrogens is 500 g/mol. The van der Waals surface area contributed by atoms with Gasteiger partial charge in [0.05, 0.1) is 10.6 Å². The second-order valence-corrected chi connectivity index (χ2v) is 12.4. The van der Waals surface area contributed by atoms with Gasteiger partial charge in [0.15, 0.2) is 0 Å². The predicted octanol–water partition coefficient (Wildman–Crippen LogP) is 3.37. The quantitative estimate of drug-likeness (QED) is 0.462. The summed E-state index contributed by atoms with van der Waals surface area (Å²) in [5.74, 6) is -0.393. The molecule has 1 amide bonds. The smallest absolute Gasteiger partial charge is 0.263 e. The van der Waals surface area contributed by atoms with E-state index in [0.29, 0.717) is 18.5 Å². The highest BCUT2D eigenvalue weighted by Crippen LogP contribution is 2.24. The molecule has 2 heterocycles. The minimum Gasteiger partial charge on any atom is -0.326 e. The van der Waals surface area contributed by atoms with E-state index in [1.165, 1.54) is 34.8 Å². The first-order chi connectivity index (χ1) is 17.1. The van der Waals surface area contributed by atoms with Gasteiger partial charge in [0.1, 0.15) is 5.82 Å². The van der Waals surface area contributed by atoms with Crippen LogP contribution in [0.2, 0.25) is 0 Å². The molecule has 4 rings (SSSR count). The highest BCUT2D eigenvalue weighted by atomic mass is 32.2. The Bertz CT molecular complexity index is 1420. The summed E-state index contributed by atoms with van der Waals surface area (Å²) in [6, 6.07) is 18.2. The molecule has 0 radical (unpaired) electrons. The van der Waals surface area contributed by atoms with Crippen molar-refractivity contribution < 1.29 is 21.6 Å². The van der Waals surface area contributed by atoms with Gasteiger partial charge < -0.3 is 5.32 Å². The molecular formula is C25H28N4O5S2. The number of benzene rings is 2. The number of carbonyl (C=O) groups excluding carboxylic acids is 1. The third-order valence-corrected chi connectivity index (χ3v) is 9.21. The van der Waals surface area contributed by atoms with E-state index in [1.807, 2.05) is 25.1 Å². The Morgan fingerprint density at radius 2 is 1.69 bits per heavy atom. The molecule has 1 fully saturated rings. The lowest BCUT2D eigenvalue weighted by Gasteiger charge is -2.30. The lowest BCUT2D eigenvalue weighted by atomic mass is 9.97. The van der Waals surface area contributed by atoms with E-state index in [9.17, 15) is 21.6 Å². The fourth-order valence-electron chi connectivity index (χ4n) is 4.08. The van der Waals surface area contributed by atoms with Gasteiger partial charge in [-0.25, -0.2) is 26.1 Å². The Morgan fingerprint density at radius 3 is 2.33 bits per heavy atom.